The number of alkyl halides is 3. The Bertz CT molecular complexity index is 715. The van der Waals surface area contributed by atoms with Crippen LogP contribution in [0.3, 0.4) is 0 Å². The van der Waals surface area contributed by atoms with Crippen molar-refractivity contribution < 1.29 is 28.6 Å². The zero-order chi connectivity index (χ0) is 22.5. The molecule has 2 heterocycles. The highest BCUT2D eigenvalue weighted by Gasteiger charge is 2.46. The Balaban J connectivity index is 2.20. The quantitative estimate of drug-likeness (QED) is 0.306. The predicted molar refractivity (Wildman–Crippen MR) is 114 cm³/mol. The van der Waals surface area contributed by atoms with Gasteiger partial charge in [0, 0.05) is 18.8 Å². The predicted octanol–water partition coefficient (Wildman–Crippen LogP) is 1.74. The van der Waals surface area contributed by atoms with Crippen molar-refractivity contribution in [1.29, 1.82) is 0 Å². The molecule has 3 N–H and O–H groups in total. The monoisotopic (exact) mass is 501 g/mol. The molecule has 0 saturated carbocycles. The van der Waals surface area contributed by atoms with Crippen molar-refractivity contribution in [3.05, 3.63) is 12.2 Å². The molecule has 168 valence electrons. The fraction of sp³-hybridized carbons (Fsp3) is 0.647. The molecule has 0 spiro atoms. The van der Waals surface area contributed by atoms with Crippen LogP contribution in [0.2, 0.25) is 0 Å². The van der Waals surface area contributed by atoms with Crippen molar-refractivity contribution in [2.45, 2.75) is 48.4 Å². The zero-order valence-corrected chi connectivity index (χ0v) is 19.2. The first-order chi connectivity index (χ1) is 14.0. The maximum Gasteiger partial charge on any atom is 0.408 e. The van der Waals surface area contributed by atoms with Gasteiger partial charge in [0.25, 0.3) is 5.91 Å². The van der Waals surface area contributed by atoms with Crippen LogP contribution in [0, 0.1) is 5.92 Å². The molecule has 9 nitrogen and oxygen atoms in total. The first kappa shape index (κ1) is 24.8. The van der Waals surface area contributed by atoms with Crippen LogP contribution < -0.4 is 16.0 Å². The van der Waals surface area contributed by atoms with Gasteiger partial charge in [0.15, 0.2) is 6.10 Å². The van der Waals surface area contributed by atoms with Gasteiger partial charge in [0.1, 0.15) is 12.6 Å². The molecule has 0 aromatic rings. The van der Waals surface area contributed by atoms with E-state index in [2.05, 4.69) is 16.0 Å². The van der Waals surface area contributed by atoms with Gasteiger partial charge >= 0.3 is 11.3 Å². The van der Waals surface area contributed by atoms with Crippen LogP contribution in [-0.4, -0.2) is 64.4 Å². The summed E-state index contributed by atoms with van der Waals surface area (Å²) >= 11 is 21.6. The van der Waals surface area contributed by atoms with Crippen LogP contribution in [-0.2, 0) is 23.8 Å². The van der Waals surface area contributed by atoms with Crippen molar-refractivity contribution in [3.8, 4) is 0 Å². The van der Waals surface area contributed by atoms with Gasteiger partial charge in [-0.15, -0.1) is 0 Å². The molecule has 4 atom stereocenters. The smallest absolute Gasteiger partial charge is 0.408 e. The zero-order valence-electron chi connectivity index (χ0n) is 16.2. The third-order valence-corrected chi connectivity index (χ3v) is 4.77. The molecule has 0 radical (unpaired) electrons. The molecule has 2 rings (SSSR count). The van der Waals surface area contributed by atoms with Crippen molar-refractivity contribution in [3.63, 3.8) is 0 Å². The second kappa shape index (κ2) is 10.7. The fourth-order valence-corrected chi connectivity index (χ4v) is 3.23. The summed E-state index contributed by atoms with van der Waals surface area (Å²) in [5.74, 6) is -1.08. The highest BCUT2D eigenvalue weighted by Crippen LogP contribution is 2.26. The molecule has 1 fully saturated rings. The van der Waals surface area contributed by atoms with Crippen LogP contribution in [0.15, 0.2) is 12.2 Å². The third kappa shape index (κ3) is 7.33. The number of rotatable bonds is 3. The number of thiocarbonyl (C=S) groups is 1. The first-order valence-corrected chi connectivity index (χ1v) is 10.6. The molecule has 2 aliphatic heterocycles. The number of carbonyl (C=O) groups is 3. The van der Waals surface area contributed by atoms with E-state index in [9.17, 15) is 14.4 Å². The van der Waals surface area contributed by atoms with E-state index in [-0.39, 0.29) is 17.7 Å². The minimum Gasteiger partial charge on any atom is -0.447 e. The number of amides is 3. The maximum atomic E-state index is 12.9. The van der Waals surface area contributed by atoms with E-state index < -0.39 is 52.6 Å². The molecule has 0 bridgehead atoms. The van der Waals surface area contributed by atoms with Crippen molar-refractivity contribution >= 4 is 70.2 Å². The summed E-state index contributed by atoms with van der Waals surface area (Å²) in [6.07, 6.45) is 0.741. The van der Waals surface area contributed by atoms with Crippen LogP contribution in [0.25, 0.3) is 0 Å². The summed E-state index contributed by atoms with van der Waals surface area (Å²) in [4.78, 5) is 37.4. The molecule has 3 amide bonds. The van der Waals surface area contributed by atoms with Gasteiger partial charge in [-0.3, -0.25) is 9.59 Å². The minimum atomic E-state index is -1.78. The van der Waals surface area contributed by atoms with Crippen LogP contribution >= 0.6 is 47.0 Å². The molecule has 0 aromatic heterocycles. The Hall–Kier alpha value is -1.49. The Morgan fingerprint density at radius 2 is 2.03 bits per heavy atom. The van der Waals surface area contributed by atoms with E-state index in [1.807, 2.05) is 13.8 Å². The number of fused-ring (bicyclic) bond motifs is 1. The second-order valence-electron chi connectivity index (χ2n) is 6.97. The number of ether oxygens (including phenoxy) is 3. The number of halogens is 3. The van der Waals surface area contributed by atoms with Gasteiger partial charge in [0.05, 0.1) is 6.04 Å². The van der Waals surface area contributed by atoms with E-state index in [4.69, 9.17) is 61.2 Å². The average Bonchev–Trinajstić information content (AvgIpc) is 3.02. The van der Waals surface area contributed by atoms with Crippen LogP contribution in [0.4, 0.5) is 4.79 Å². The topological polar surface area (TPSA) is 115 Å². The summed E-state index contributed by atoms with van der Waals surface area (Å²) in [5, 5.41) is 7.76. The lowest BCUT2D eigenvalue weighted by Crippen LogP contribution is -2.57. The molecule has 30 heavy (non-hydrogen) atoms. The molecule has 0 unspecified atom stereocenters. The summed E-state index contributed by atoms with van der Waals surface area (Å²) < 4.78 is 13.9. The number of alkyl carbamates (subject to hydrolysis) is 1. The second-order valence-corrected chi connectivity index (χ2v) is 9.82. The van der Waals surface area contributed by atoms with Gasteiger partial charge in [-0.1, -0.05) is 60.8 Å². The summed E-state index contributed by atoms with van der Waals surface area (Å²) in [7, 11) is 0. The lowest BCUT2D eigenvalue weighted by atomic mass is 9.93. The van der Waals surface area contributed by atoms with Crippen LogP contribution in [0.1, 0.15) is 20.3 Å². The number of hydrogen-bond donors (Lipinski definition) is 3. The summed E-state index contributed by atoms with van der Waals surface area (Å²) in [6, 6.07) is -1.71. The minimum absolute atomic E-state index is 0.150. The lowest BCUT2D eigenvalue weighted by Gasteiger charge is -2.30. The van der Waals surface area contributed by atoms with E-state index in [1.165, 1.54) is 6.08 Å². The highest BCUT2D eigenvalue weighted by atomic mass is 35.6. The summed E-state index contributed by atoms with van der Waals surface area (Å²) in [6.45, 7) is 3.47. The fourth-order valence-electron chi connectivity index (χ4n) is 2.85. The molecule has 2 aliphatic rings. The Kier molecular flexibility index (Phi) is 8.84. The maximum absolute atomic E-state index is 12.9. The third-order valence-electron chi connectivity index (χ3n) is 4.25. The largest absolute Gasteiger partial charge is 0.447 e. The highest BCUT2D eigenvalue weighted by molar-refractivity contribution is 7.79. The summed E-state index contributed by atoms with van der Waals surface area (Å²) in [5.41, 5.74) is 0. The molecule has 1 saturated heterocycles. The van der Waals surface area contributed by atoms with Crippen molar-refractivity contribution in [2.24, 2.45) is 5.92 Å². The SMILES string of the molecule is CC(C)[C@@H]1NC(=O)[C@@H](NC(=O)OCC(Cl)(Cl)Cl)/C=C/CCNC(=O)[C@H]2OC(=S)O[C@@H]21. The van der Waals surface area contributed by atoms with E-state index in [1.54, 1.807) is 6.08 Å². The van der Waals surface area contributed by atoms with Gasteiger partial charge in [-0.25, -0.2) is 4.79 Å². The molecule has 13 heteroatoms. The van der Waals surface area contributed by atoms with Gasteiger partial charge in [0.2, 0.25) is 15.8 Å². The Morgan fingerprint density at radius 1 is 1.33 bits per heavy atom. The molecular formula is C17H22Cl3N3O6S. The molecule has 0 aliphatic carbocycles. The molecular weight excluding hydrogens is 481 g/mol. The first-order valence-electron chi connectivity index (χ1n) is 9.10. The van der Waals surface area contributed by atoms with Crippen molar-refractivity contribution in [1.82, 2.24) is 16.0 Å². The molecule has 0 aromatic carbocycles. The average molecular weight is 503 g/mol. The standard InChI is InChI=1S/C17H22Cl3N3O6S/c1-8(2)10-11-12(29-16(30)28-11)14(25)21-6-4-3-5-9(13(24)23-10)22-15(26)27-7-17(18,19)20/h3,5,8-12H,4,6-7H2,1-2H3,(H,21,25)(H,22,26)(H,23,24)/b5-3+/t9-,10-,11+,12-/m0/s1. The number of nitrogens with one attached hydrogen (secondary N) is 3. The lowest BCUT2D eigenvalue weighted by molar-refractivity contribution is -0.131. The Morgan fingerprint density at radius 3 is 2.67 bits per heavy atom. The Labute approximate surface area is 194 Å². The van der Waals surface area contributed by atoms with E-state index in [0.717, 1.165) is 0 Å². The number of carbonyl (C=O) groups excluding carboxylic acids is 3. The van der Waals surface area contributed by atoms with Crippen LogP contribution in [0.5, 0.6) is 0 Å². The van der Waals surface area contributed by atoms with E-state index >= 15 is 0 Å². The number of hydrogen-bond acceptors (Lipinski definition) is 7. The van der Waals surface area contributed by atoms with Gasteiger partial charge in [-0.05, 0) is 12.3 Å². The van der Waals surface area contributed by atoms with E-state index in [0.29, 0.717) is 6.42 Å². The van der Waals surface area contributed by atoms with Gasteiger partial charge in [-0.2, -0.15) is 0 Å². The normalized spacial score (nSPS) is 28.7. The van der Waals surface area contributed by atoms with Gasteiger partial charge < -0.3 is 30.2 Å². The van der Waals surface area contributed by atoms with Crippen molar-refractivity contribution in [2.75, 3.05) is 13.2 Å².